The molecule has 106 valence electrons. The Labute approximate surface area is 116 Å². The molecule has 0 radical (unpaired) electrons. The van der Waals surface area contributed by atoms with E-state index in [0.717, 1.165) is 25.4 Å². The van der Waals surface area contributed by atoms with E-state index < -0.39 is 0 Å². The number of aromatic nitrogens is 1. The van der Waals surface area contributed by atoms with E-state index in [0.29, 0.717) is 0 Å². The van der Waals surface area contributed by atoms with Gasteiger partial charge in [-0.1, -0.05) is 25.8 Å². The molecular formula is C16H26N2O. The van der Waals surface area contributed by atoms with Gasteiger partial charge in [-0.05, 0) is 44.4 Å². The van der Waals surface area contributed by atoms with Crippen LogP contribution in [-0.2, 0) is 4.74 Å². The molecule has 0 amide bonds. The molecule has 3 nitrogen and oxygen atoms in total. The Morgan fingerprint density at radius 2 is 2.42 bits per heavy atom. The molecule has 1 saturated carbocycles. The molecule has 1 aliphatic rings. The Hall–Kier alpha value is -0.930. The van der Waals surface area contributed by atoms with Gasteiger partial charge in [0, 0.05) is 19.0 Å². The summed E-state index contributed by atoms with van der Waals surface area (Å²) in [5, 5.41) is 3.47. The van der Waals surface area contributed by atoms with Gasteiger partial charge >= 0.3 is 0 Å². The highest BCUT2D eigenvalue weighted by Crippen LogP contribution is 2.43. The minimum Gasteiger partial charge on any atom is -0.373 e. The largest absolute Gasteiger partial charge is 0.373 e. The first-order valence-corrected chi connectivity index (χ1v) is 7.43. The summed E-state index contributed by atoms with van der Waals surface area (Å²) in [6.45, 7) is 5.20. The van der Waals surface area contributed by atoms with Crippen molar-refractivity contribution in [1.82, 2.24) is 10.3 Å². The normalized spacial score (nSPS) is 29.1. The Bertz CT molecular complexity index is 378. The number of pyridine rings is 1. The van der Waals surface area contributed by atoms with Crippen molar-refractivity contribution in [3.05, 3.63) is 30.1 Å². The molecule has 0 bridgehead atoms. The molecule has 3 heteroatoms. The second-order valence-electron chi connectivity index (χ2n) is 5.71. The lowest BCUT2D eigenvalue weighted by Crippen LogP contribution is -2.48. The molecule has 1 fully saturated rings. The molecule has 3 atom stereocenters. The fourth-order valence-corrected chi connectivity index (χ4v) is 3.59. The first kappa shape index (κ1) is 14.5. The maximum absolute atomic E-state index is 6.26. The second kappa shape index (κ2) is 6.49. The summed E-state index contributed by atoms with van der Waals surface area (Å²) in [4.78, 5) is 4.26. The van der Waals surface area contributed by atoms with Gasteiger partial charge in [0.1, 0.15) is 0 Å². The Morgan fingerprint density at radius 3 is 3.00 bits per heavy atom. The third kappa shape index (κ3) is 3.15. The Kier molecular flexibility index (Phi) is 4.94. The average Bonchev–Trinajstić information content (AvgIpc) is 2.41. The van der Waals surface area contributed by atoms with Crippen molar-refractivity contribution in [3.8, 4) is 0 Å². The smallest absolute Gasteiger partial charge is 0.0879 e. The van der Waals surface area contributed by atoms with Crippen LogP contribution in [0.3, 0.4) is 0 Å². The molecule has 1 heterocycles. The zero-order chi connectivity index (χ0) is 13.7. The minimum atomic E-state index is -0.0792. The molecule has 0 spiro atoms. The van der Waals surface area contributed by atoms with E-state index in [2.05, 4.69) is 30.2 Å². The van der Waals surface area contributed by atoms with Crippen LogP contribution in [0.25, 0.3) is 0 Å². The number of ether oxygens (including phenoxy) is 1. The molecule has 19 heavy (non-hydrogen) atoms. The molecule has 1 aromatic heterocycles. The summed E-state index contributed by atoms with van der Waals surface area (Å²) in [5.74, 6) is 0.729. The highest BCUT2D eigenvalue weighted by atomic mass is 16.5. The van der Waals surface area contributed by atoms with Crippen molar-refractivity contribution < 1.29 is 4.74 Å². The maximum atomic E-state index is 6.26. The van der Waals surface area contributed by atoms with Crippen LogP contribution in [-0.4, -0.2) is 24.2 Å². The van der Waals surface area contributed by atoms with E-state index in [4.69, 9.17) is 4.74 Å². The van der Waals surface area contributed by atoms with Gasteiger partial charge in [-0.15, -0.1) is 0 Å². The van der Waals surface area contributed by atoms with Crippen LogP contribution < -0.4 is 5.32 Å². The van der Waals surface area contributed by atoms with Crippen molar-refractivity contribution >= 4 is 0 Å². The molecule has 1 aromatic rings. The van der Waals surface area contributed by atoms with Crippen LogP contribution in [0.5, 0.6) is 0 Å². The second-order valence-corrected chi connectivity index (χ2v) is 5.71. The summed E-state index contributed by atoms with van der Waals surface area (Å²) < 4.78 is 6.26. The Balaban J connectivity index is 2.30. The molecule has 1 aliphatic carbocycles. The van der Waals surface area contributed by atoms with E-state index in [1.54, 1.807) is 0 Å². The predicted octanol–water partition coefficient (Wildman–Crippen LogP) is 3.33. The van der Waals surface area contributed by atoms with E-state index >= 15 is 0 Å². The molecule has 0 aliphatic heterocycles. The first-order valence-electron chi connectivity index (χ1n) is 7.43. The van der Waals surface area contributed by atoms with Gasteiger partial charge in [-0.25, -0.2) is 0 Å². The van der Waals surface area contributed by atoms with E-state index in [9.17, 15) is 0 Å². The van der Waals surface area contributed by atoms with Crippen molar-refractivity contribution in [2.75, 3.05) is 13.7 Å². The number of hydrogen-bond donors (Lipinski definition) is 1. The summed E-state index contributed by atoms with van der Waals surface area (Å²) >= 11 is 0. The van der Waals surface area contributed by atoms with Gasteiger partial charge in [0.15, 0.2) is 0 Å². The van der Waals surface area contributed by atoms with Crippen molar-refractivity contribution in [2.24, 2.45) is 5.92 Å². The lowest BCUT2D eigenvalue weighted by atomic mass is 9.73. The number of rotatable bonds is 5. The SMILES string of the molecule is CCOC1(C(NC)c2cccnc2)CCCC(C)C1. The summed E-state index contributed by atoms with van der Waals surface area (Å²) in [7, 11) is 2.03. The molecule has 0 saturated heterocycles. The van der Waals surface area contributed by atoms with Gasteiger partial charge in [-0.2, -0.15) is 0 Å². The highest BCUT2D eigenvalue weighted by molar-refractivity contribution is 5.19. The number of nitrogens with zero attached hydrogens (tertiary/aromatic N) is 1. The zero-order valence-corrected chi connectivity index (χ0v) is 12.4. The standard InChI is InChI=1S/C16H26N2O/c1-4-19-16(9-5-7-13(2)11-16)15(17-3)14-8-6-10-18-12-14/h6,8,10,12-13,15,17H,4-5,7,9,11H2,1-3H3. The van der Waals surface area contributed by atoms with E-state index in [-0.39, 0.29) is 11.6 Å². The summed E-state index contributed by atoms with van der Waals surface area (Å²) in [5.41, 5.74) is 1.15. The fraction of sp³-hybridized carbons (Fsp3) is 0.688. The van der Waals surface area contributed by atoms with Gasteiger partial charge < -0.3 is 10.1 Å². The minimum absolute atomic E-state index is 0.0792. The molecule has 0 aromatic carbocycles. The van der Waals surface area contributed by atoms with Gasteiger partial charge in [0.05, 0.1) is 11.6 Å². The Morgan fingerprint density at radius 1 is 1.58 bits per heavy atom. The van der Waals surface area contributed by atoms with Crippen LogP contribution in [0.2, 0.25) is 0 Å². The third-order valence-corrected chi connectivity index (χ3v) is 4.26. The van der Waals surface area contributed by atoms with Gasteiger partial charge in [0.25, 0.3) is 0 Å². The van der Waals surface area contributed by atoms with Gasteiger partial charge in [0.2, 0.25) is 0 Å². The zero-order valence-electron chi connectivity index (χ0n) is 12.4. The third-order valence-electron chi connectivity index (χ3n) is 4.26. The molecular weight excluding hydrogens is 236 g/mol. The lowest BCUT2D eigenvalue weighted by molar-refractivity contribution is -0.100. The summed E-state index contributed by atoms with van der Waals surface area (Å²) in [6.07, 6.45) is 8.61. The van der Waals surface area contributed by atoms with E-state index in [1.165, 1.54) is 18.4 Å². The van der Waals surface area contributed by atoms with Crippen molar-refractivity contribution in [3.63, 3.8) is 0 Å². The van der Waals surface area contributed by atoms with Crippen LogP contribution in [0, 0.1) is 5.92 Å². The van der Waals surface area contributed by atoms with E-state index in [1.807, 2.05) is 25.5 Å². The van der Waals surface area contributed by atoms with Crippen LogP contribution >= 0.6 is 0 Å². The van der Waals surface area contributed by atoms with Crippen LogP contribution in [0.15, 0.2) is 24.5 Å². The van der Waals surface area contributed by atoms with Crippen LogP contribution in [0.1, 0.15) is 51.1 Å². The average molecular weight is 262 g/mol. The maximum Gasteiger partial charge on any atom is 0.0879 e. The number of nitrogens with one attached hydrogen (secondary N) is 1. The van der Waals surface area contributed by atoms with Crippen molar-refractivity contribution in [1.29, 1.82) is 0 Å². The topological polar surface area (TPSA) is 34.1 Å². The monoisotopic (exact) mass is 262 g/mol. The van der Waals surface area contributed by atoms with Crippen LogP contribution in [0.4, 0.5) is 0 Å². The highest BCUT2D eigenvalue weighted by Gasteiger charge is 2.42. The molecule has 2 rings (SSSR count). The first-order chi connectivity index (χ1) is 9.22. The summed E-state index contributed by atoms with van der Waals surface area (Å²) in [6, 6.07) is 4.38. The molecule has 3 unspecified atom stereocenters. The number of hydrogen-bond acceptors (Lipinski definition) is 3. The lowest BCUT2D eigenvalue weighted by Gasteiger charge is -2.45. The van der Waals surface area contributed by atoms with Gasteiger partial charge in [-0.3, -0.25) is 4.98 Å². The van der Waals surface area contributed by atoms with Crippen molar-refractivity contribution in [2.45, 2.75) is 51.2 Å². The fourth-order valence-electron chi connectivity index (χ4n) is 3.59. The predicted molar refractivity (Wildman–Crippen MR) is 78.0 cm³/mol. The quantitative estimate of drug-likeness (QED) is 0.884. The molecule has 1 N–H and O–H groups in total. The number of likely N-dealkylation sites (N-methyl/N-ethyl adjacent to an activating group) is 1.